The number of aromatic nitrogens is 1. The number of rotatable bonds is 10. The first-order valence-electron chi connectivity index (χ1n) is 21.5. The molecule has 1 aromatic carbocycles. The lowest BCUT2D eigenvalue weighted by atomic mass is 9.82. The van der Waals surface area contributed by atoms with Gasteiger partial charge in [0.25, 0.3) is 0 Å². The van der Waals surface area contributed by atoms with E-state index in [4.69, 9.17) is 14.2 Å². The van der Waals surface area contributed by atoms with Crippen LogP contribution >= 0.6 is 0 Å². The molecule has 0 radical (unpaired) electrons. The molecule has 1 aromatic heterocycles. The lowest BCUT2D eigenvalue weighted by molar-refractivity contribution is -0.155. The summed E-state index contributed by atoms with van der Waals surface area (Å²) < 4.78 is 46.4. The zero-order valence-corrected chi connectivity index (χ0v) is 35.3. The molecular weight excluding hydrogens is 759 g/mol. The zero-order chi connectivity index (χ0) is 41.1. The summed E-state index contributed by atoms with van der Waals surface area (Å²) in [5, 5.41) is 1.61. The molecule has 5 fully saturated rings. The summed E-state index contributed by atoms with van der Waals surface area (Å²) in [6.07, 6.45) is 11.2. The van der Waals surface area contributed by atoms with Crippen LogP contribution in [-0.4, -0.2) is 77.5 Å². The van der Waals surface area contributed by atoms with Crippen LogP contribution in [0.15, 0.2) is 42.6 Å². The van der Waals surface area contributed by atoms with Crippen molar-refractivity contribution in [2.24, 2.45) is 40.9 Å². The summed E-state index contributed by atoms with van der Waals surface area (Å²) in [6, 6.07) is 6.58. The zero-order valence-electron chi connectivity index (χ0n) is 34.5. The molecule has 2 aromatic rings. The lowest BCUT2D eigenvalue weighted by Gasteiger charge is -2.32. The minimum Gasteiger partial charge on any atom is -0.491 e. The van der Waals surface area contributed by atoms with Crippen molar-refractivity contribution in [3.8, 4) is 11.6 Å². The Kier molecular flexibility index (Phi) is 10.9. The average molecular weight is 818 g/mol. The number of carbonyl (C=O) groups is 4. The fourth-order valence-electron chi connectivity index (χ4n) is 9.98. The van der Waals surface area contributed by atoms with Crippen molar-refractivity contribution in [2.75, 3.05) is 6.54 Å². The van der Waals surface area contributed by atoms with Gasteiger partial charge in [0.05, 0.1) is 41.2 Å². The van der Waals surface area contributed by atoms with Crippen LogP contribution in [0.5, 0.6) is 11.6 Å². The highest BCUT2D eigenvalue weighted by Crippen LogP contribution is 2.58. The highest BCUT2D eigenvalue weighted by Gasteiger charge is 2.63. The molecule has 6 aliphatic rings. The Hall–Kier alpha value is -4.00. The first-order valence-corrected chi connectivity index (χ1v) is 23.0. The van der Waals surface area contributed by atoms with Gasteiger partial charge in [0.15, 0.2) is 5.78 Å². The number of fused-ring (bicyclic) bond motifs is 4. The van der Waals surface area contributed by atoms with Gasteiger partial charge in [-0.15, -0.1) is 0 Å². The van der Waals surface area contributed by atoms with Crippen molar-refractivity contribution < 1.29 is 41.8 Å². The number of esters is 1. The van der Waals surface area contributed by atoms with Crippen molar-refractivity contribution in [3.05, 3.63) is 42.6 Å². The number of ketones is 1. The van der Waals surface area contributed by atoms with Crippen LogP contribution in [0.25, 0.3) is 10.8 Å². The van der Waals surface area contributed by atoms with Gasteiger partial charge in [-0.2, -0.15) is 0 Å². The minimum absolute atomic E-state index is 0.00257. The number of allylic oxidation sites excluding steroid dienone is 2. The fourth-order valence-corrected chi connectivity index (χ4v) is 11.3. The first-order chi connectivity index (χ1) is 27.5. The maximum atomic E-state index is 15.0. The molecule has 58 heavy (non-hydrogen) atoms. The molecule has 3 heterocycles. The molecule has 10 atom stereocenters. The van der Waals surface area contributed by atoms with Crippen LogP contribution in [0.4, 0.5) is 0 Å². The summed E-state index contributed by atoms with van der Waals surface area (Å²) in [4.78, 5) is 63.5. The highest BCUT2D eigenvalue weighted by atomic mass is 32.2. The van der Waals surface area contributed by atoms with Gasteiger partial charge in [-0.05, 0) is 138 Å². The van der Waals surface area contributed by atoms with E-state index in [2.05, 4.69) is 16.6 Å². The summed E-state index contributed by atoms with van der Waals surface area (Å²) in [6.45, 7) is 9.79. The summed E-state index contributed by atoms with van der Waals surface area (Å²) in [5.74, 6) is -0.332. The van der Waals surface area contributed by atoms with Gasteiger partial charge in [0.1, 0.15) is 18.0 Å². The Bertz CT molecular complexity index is 2090. The molecule has 4 aliphatic carbocycles. The third kappa shape index (κ3) is 8.39. The molecule has 12 nitrogen and oxygen atoms in total. The van der Waals surface area contributed by atoms with Crippen LogP contribution in [-0.2, 0) is 33.9 Å². The maximum Gasteiger partial charge on any atom is 0.306 e. The van der Waals surface area contributed by atoms with E-state index in [1.54, 1.807) is 18.0 Å². The van der Waals surface area contributed by atoms with Gasteiger partial charge in [-0.1, -0.05) is 26.0 Å². The quantitative estimate of drug-likeness (QED) is 0.202. The van der Waals surface area contributed by atoms with Crippen molar-refractivity contribution in [1.29, 1.82) is 0 Å². The fraction of sp³-hybridized carbons (Fsp3) is 0.667. The second-order valence-electron chi connectivity index (χ2n) is 19.1. The van der Waals surface area contributed by atoms with Gasteiger partial charge in [0.2, 0.25) is 27.7 Å². The third-order valence-corrected chi connectivity index (χ3v) is 16.2. The largest absolute Gasteiger partial charge is 0.491 e. The molecule has 8 rings (SSSR count). The van der Waals surface area contributed by atoms with Crippen LogP contribution in [0, 0.1) is 40.9 Å². The Morgan fingerprint density at radius 2 is 1.78 bits per heavy atom. The predicted molar refractivity (Wildman–Crippen MR) is 217 cm³/mol. The number of sulfonamides is 1. The Labute approximate surface area is 342 Å². The van der Waals surface area contributed by atoms with Gasteiger partial charge in [0, 0.05) is 24.4 Å². The van der Waals surface area contributed by atoms with Gasteiger partial charge in [-0.3, -0.25) is 23.9 Å². The number of benzene rings is 1. The predicted octanol–water partition coefficient (Wildman–Crippen LogP) is 6.69. The standard InChI is InChI=1S/C45H59N3O9S/c1-26(2)55-33-10-11-36-29(18-33)12-15-46-41(36)57-35-21-38-39(49)24-45(43(52)47-58(53,54)44(5)13-14-44)23-32(45)9-7-6-8-27(3)16-28(4)37(42(51)48(38)25-35)22-40(50)56-34-19-30-17-31(30)20-34/h7,9-12,15,18,26-28,30-32,34-35,37-38H,6,8,13-14,16-17,19-25H2,1-5H3,(H,47,52)/b9-7-/t27-,28+,30-,31+,32+,34?,35+,37-,38-,45+/m0/s1. The van der Waals surface area contributed by atoms with Gasteiger partial charge < -0.3 is 19.1 Å². The monoisotopic (exact) mass is 817 g/mol. The van der Waals surface area contributed by atoms with E-state index in [-0.39, 0.29) is 73.4 Å². The van der Waals surface area contributed by atoms with E-state index in [0.29, 0.717) is 49.1 Å². The van der Waals surface area contributed by atoms with E-state index in [1.807, 2.05) is 57.2 Å². The van der Waals surface area contributed by atoms with Crippen molar-refractivity contribution in [2.45, 2.75) is 141 Å². The van der Waals surface area contributed by atoms with Crippen LogP contribution < -0.4 is 14.2 Å². The van der Waals surface area contributed by atoms with E-state index < -0.39 is 44.2 Å². The van der Waals surface area contributed by atoms with Crippen LogP contribution in [0.3, 0.4) is 0 Å². The third-order valence-electron chi connectivity index (χ3n) is 14.0. The first kappa shape index (κ1) is 40.8. The topological polar surface area (TPSA) is 158 Å². The molecule has 0 bridgehead atoms. The molecule has 1 unspecified atom stereocenters. The molecule has 314 valence electrons. The van der Waals surface area contributed by atoms with Crippen molar-refractivity contribution in [1.82, 2.24) is 14.6 Å². The molecule has 0 spiro atoms. The van der Waals surface area contributed by atoms with Gasteiger partial charge >= 0.3 is 5.97 Å². The summed E-state index contributed by atoms with van der Waals surface area (Å²) >= 11 is 0. The van der Waals surface area contributed by atoms with Crippen LogP contribution in [0.2, 0.25) is 0 Å². The molecule has 2 aliphatic heterocycles. The number of nitrogens with zero attached hydrogens (tertiary/aromatic N) is 2. The van der Waals surface area contributed by atoms with Crippen molar-refractivity contribution in [3.63, 3.8) is 0 Å². The molecule has 4 saturated carbocycles. The number of carbonyl (C=O) groups excluding carboxylic acids is 4. The Morgan fingerprint density at radius 3 is 2.50 bits per heavy atom. The number of hydrogen-bond donors (Lipinski definition) is 1. The maximum absolute atomic E-state index is 15.0. The number of amides is 2. The molecule has 1 N–H and O–H groups in total. The number of hydrogen-bond acceptors (Lipinski definition) is 10. The number of pyridine rings is 1. The molecule has 13 heteroatoms. The normalized spacial score (nSPS) is 34.9. The van der Waals surface area contributed by atoms with E-state index in [1.165, 1.54) is 6.42 Å². The van der Waals surface area contributed by atoms with Crippen molar-refractivity contribution >= 4 is 44.4 Å². The second kappa shape index (κ2) is 15.6. The molecule has 2 amide bonds. The summed E-state index contributed by atoms with van der Waals surface area (Å²) in [5.41, 5.74) is -1.25. The summed E-state index contributed by atoms with van der Waals surface area (Å²) in [7, 11) is -3.95. The van der Waals surface area contributed by atoms with Crippen LogP contribution in [0.1, 0.15) is 112 Å². The number of Topliss-reactive ketones (excluding diaryl/α,β-unsaturated/α-hetero) is 1. The number of nitrogens with one attached hydrogen (secondary N) is 1. The van der Waals surface area contributed by atoms with E-state index >= 15 is 4.79 Å². The highest BCUT2D eigenvalue weighted by molar-refractivity contribution is 7.91. The Morgan fingerprint density at radius 1 is 1.02 bits per heavy atom. The lowest BCUT2D eigenvalue weighted by Crippen LogP contribution is -2.48. The van der Waals surface area contributed by atoms with E-state index in [9.17, 15) is 22.8 Å². The number of ether oxygens (including phenoxy) is 3. The van der Waals surface area contributed by atoms with E-state index in [0.717, 1.165) is 36.5 Å². The Balaban J connectivity index is 1.09. The average Bonchev–Trinajstić information content (AvgIpc) is 4.12. The second-order valence-corrected chi connectivity index (χ2v) is 21.3. The SMILES string of the molecule is CC(C)Oc1ccc2c(O[C@@H]3C[C@H]4C(=O)C[C@]5(C(=O)NS(=O)(=O)C6(C)CC6)C[C@H]5/C=C\CC[C@H](C)C[C@@H](C)[C@H](CC(=O)OC5C[C@@H]6C[C@@H]6C5)C(=O)N4C3)nccc2c1. The smallest absolute Gasteiger partial charge is 0.306 e. The molecule has 1 saturated heterocycles. The minimum atomic E-state index is -3.95. The molecular formula is C45H59N3O9S. The van der Waals surface area contributed by atoms with Gasteiger partial charge in [-0.25, -0.2) is 13.4 Å².